The lowest BCUT2D eigenvalue weighted by molar-refractivity contribution is 1.02. The molecule has 0 radical (unpaired) electrons. The lowest BCUT2D eigenvalue weighted by Gasteiger charge is -1.98. The first-order valence-electron chi connectivity index (χ1n) is 4.44. The van der Waals surface area contributed by atoms with E-state index in [0.717, 1.165) is 4.90 Å². The lowest BCUT2D eigenvalue weighted by Crippen LogP contribution is -1.84. The largest absolute Gasteiger partial charge is 0.374 e. The summed E-state index contributed by atoms with van der Waals surface area (Å²) in [6, 6.07) is 8.98. The van der Waals surface area contributed by atoms with E-state index >= 15 is 0 Å². The van der Waals surface area contributed by atoms with Crippen molar-refractivity contribution in [1.29, 1.82) is 10.5 Å². The number of aromatic nitrogens is 2. The molecular formula is C10H5N5S2. The summed E-state index contributed by atoms with van der Waals surface area (Å²) in [5.41, 5.74) is 6.20. The maximum Gasteiger partial charge on any atom is 0.203 e. The van der Waals surface area contributed by atoms with Gasteiger partial charge < -0.3 is 5.73 Å². The Bertz CT molecular complexity index is 635. The monoisotopic (exact) mass is 259 g/mol. The smallest absolute Gasteiger partial charge is 0.203 e. The Morgan fingerprint density at radius 3 is 2.53 bits per heavy atom. The molecule has 2 N–H and O–H groups in total. The molecule has 0 saturated carbocycles. The van der Waals surface area contributed by atoms with Crippen LogP contribution in [0.25, 0.3) is 0 Å². The molecule has 0 aliphatic carbocycles. The number of nitriles is 2. The Labute approximate surface area is 106 Å². The zero-order valence-electron chi connectivity index (χ0n) is 8.41. The van der Waals surface area contributed by atoms with Crippen molar-refractivity contribution in [2.24, 2.45) is 0 Å². The van der Waals surface area contributed by atoms with Gasteiger partial charge in [0.1, 0.15) is 12.1 Å². The first kappa shape index (κ1) is 11.4. The van der Waals surface area contributed by atoms with E-state index < -0.39 is 0 Å². The SMILES string of the molecule is N#Cc1ccc(Sc2nnc(N)s2)cc1C#N. The standard InChI is InChI=1S/C10H5N5S2/c11-4-6-1-2-8(3-7(6)5-12)16-10-15-14-9(13)17-10/h1-3H,(H2,13,14). The van der Waals surface area contributed by atoms with Crippen molar-refractivity contribution in [2.75, 3.05) is 5.73 Å². The van der Waals surface area contributed by atoms with Crippen LogP contribution in [0.1, 0.15) is 11.1 Å². The Morgan fingerprint density at radius 1 is 1.18 bits per heavy atom. The van der Waals surface area contributed by atoms with E-state index in [1.807, 2.05) is 12.1 Å². The Balaban J connectivity index is 2.30. The van der Waals surface area contributed by atoms with Crippen molar-refractivity contribution in [3.8, 4) is 12.1 Å². The summed E-state index contributed by atoms with van der Waals surface area (Å²) < 4.78 is 0.705. The van der Waals surface area contributed by atoms with Crippen molar-refractivity contribution in [3.63, 3.8) is 0 Å². The van der Waals surface area contributed by atoms with Gasteiger partial charge in [-0.15, -0.1) is 10.2 Å². The summed E-state index contributed by atoms with van der Waals surface area (Å²) in [6.07, 6.45) is 0. The van der Waals surface area contributed by atoms with Gasteiger partial charge in [0.15, 0.2) is 4.34 Å². The normalized spacial score (nSPS) is 9.53. The second kappa shape index (κ2) is 4.83. The number of hydrogen-bond donors (Lipinski definition) is 1. The van der Waals surface area contributed by atoms with Crippen LogP contribution in [0.2, 0.25) is 0 Å². The predicted octanol–water partition coefficient (Wildman–Crippen LogP) is 2.01. The predicted molar refractivity (Wildman–Crippen MR) is 64.3 cm³/mol. The molecule has 2 aromatic rings. The summed E-state index contributed by atoms with van der Waals surface area (Å²) >= 11 is 2.64. The van der Waals surface area contributed by atoms with E-state index in [0.29, 0.717) is 20.6 Å². The van der Waals surface area contributed by atoms with E-state index in [4.69, 9.17) is 16.3 Å². The third-order valence-electron chi connectivity index (χ3n) is 1.86. The van der Waals surface area contributed by atoms with Gasteiger partial charge in [-0.25, -0.2) is 0 Å². The van der Waals surface area contributed by atoms with Crippen LogP contribution in [-0.4, -0.2) is 10.2 Å². The molecule has 1 aromatic heterocycles. The minimum absolute atomic E-state index is 0.356. The van der Waals surface area contributed by atoms with E-state index in [1.54, 1.807) is 18.2 Å². The third-order valence-corrected chi connectivity index (χ3v) is 3.65. The molecule has 7 heteroatoms. The summed E-state index contributed by atoms with van der Waals surface area (Å²) in [6.45, 7) is 0. The summed E-state index contributed by atoms with van der Waals surface area (Å²) in [7, 11) is 0. The molecule has 0 spiro atoms. The van der Waals surface area contributed by atoms with E-state index in [-0.39, 0.29) is 0 Å². The van der Waals surface area contributed by atoms with Gasteiger partial charge in [-0.3, -0.25) is 0 Å². The van der Waals surface area contributed by atoms with Crippen LogP contribution in [0, 0.1) is 22.7 Å². The highest BCUT2D eigenvalue weighted by Gasteiger charge is 2.07. The number of nitrogen functional groups attached to an aromatic ring is 1. The molecule has 5 nitrogen and oxygen atoms in total. The number of rotatable bonds is 2. The van der Waals surface area contributed by atoms with Gasteiger partial charge in [-0.2, -0.15) is 10.5 Å². The van der Waals surface area contributed by atoms with Gasteiger partial charge >= 0.3 is 0 Å². The second-order valence-electron chi connectivity index (χ2n) is 2.94. The molecule has 0 aliphatic rings. The molecular weight excluding hydrogens is 254 g/mol. The van der Waals surface area contributed by atoms with Gasteiger partial charge in [0.05, 0.1) is 11.1 Å². The minimum Gasteiger partial charge on any atom is -0.374 e. The zero-order chi connectivity index (χ0) is 12.3. The molecule has 1 heterocycles. The van der Waals surface area contributed by atoms with Crippen molar-refractivity contribution in [3.05, 3.63) is 29.3 Å². The molecule has 0 aliphatic heterocycles. The quantitative estimate of drug-likeness (QED) is 0.885. The van der Waals surface area contributed by atoms with Crippen molar-refractivity contribution in [2.45, 2.75) is 9.24 Å². The van der Waals surface area contributed by atoms with Gasteiger partial charge in [-0.1, -0.05) is 23.1 Å². The van der Waals surface area contributed by atoms with Crippen LogP contribution in [0.3, 0.4) is 0 Å². The highest BCUT2D eigenvalue weighted by molar-refractivity contribution is 8.01. The van der Waals surface area contributed by atoms with Gasteiger partial charge in [0, 0.05) is 4.90 Å². The number of benzene rings is 1. The van der Waals surface area contributed by atoms with Crippen LogP contribution >= 0.6 is 23.1 Å². The molecule has 0 bridgehead atoms. The van der Waals surface area contributed by atoms with Crippen LogP contribution in [0.15, 0.2) is 27.4 Å². The number of nitrogens with two attached hydrogens (primary N) is 1. The third kappa shape index (κ3) is 2.53. The Kier molecular flexibility index (Phi) is 3.24. The van der Waals surface area contributed by atoms with Gasteiger partial charge in [0.2, 0.25) is 5.13 Å². The summed E-state index contributed by atoms with van der Waals surface area (Å²) in [5, 5.41) is 25.6. The number of anilines is 1. The second-order valence-corrected chi connectivity index (χ2v) is 5.27. The van der Waals surface area contributed by atoms with Crippen LogP contribution in [0.5, 0.6) is 0 Å². The molecule has 0 amide bonds. The maximum atomic E-state index is 8.89. The fourth-order valence-corrected chi connectivity index (χ4v) is 2.79. The maximum absolute atomic E-state index is 8.89. The van der Waals surface area contributed by atoms with E-state index in [1.165, 1.54) is 23.1 Å². The molecule has 82 valence electrons. The van der Waals surface area contributed by atoms with Crippen LogP contribution in [-0.2, 0) is 0 Å². The van der Waals surface area contributed by atoms with E-state index in [9.17, 15) is 0 Å². The number of hydrogen-bond acceptors (Lipinski definition) is 7. The highest BCUT2D eigenvalue weighted by Crippen LogP contribution is 2.31. The average molecular weight is 259 g/mol. The zero-order valence-corrected chi connectivity index (χ0v) is 10.0. The fraction of sp³-hybridized carbons (Fsp3) is 0. The van der Waals surface area contributed by atoms with Crippen molar-refractivity contribution in [1.82, 2.24) is 10.2 Å². The average Bonchev–Trinajstić information content (AvgIpc) is 2.74. The first-order chi connectivity index (χ1) is 8.22. The van der Waals surface area contributed by atoms with E-state index in [2.05, 4.69) is 10.2 Å². The fourth-order valence-electron chi connectivity index (χ4n) is 1.14. The molecule has 0 unspecified atom stereocenters. The first-order valence-corrected chi connectivity index (χ1v) is 6.07. The van der Waals surface area contributed by atoms with Crippen molar-refractivity contribution >= 4 is 28.2 Å². The molecule has 17 heavy (non-hydrogen) atoms. The van der Waals surface area contributed by atoms with Crippen molar-refractivity contribution < 1.29 is 0 Å². The Morgan fingerprint density at radius 2 is 1.94 bits per heavy atom. The summed E-state index contributed by atoms with van der Waals surface area (Å²) in [4.78, 5) is 0.830. The van der Waals surface area contributed by atoms with Gasteiger partial charge in [0.25, 0.3) is 0 Å². The lowest BCUT2D eigenvalue weighted by atomic mass is 10.1. The minimum atomic E-state index is 0.356. The molecule has 0 atom stereocenters. The molecule has 1 aromatic carbocycles. The molecule has 0 fully saturated rings. The van der Waals surface area contributed by atoms with Crippen LogP contribution < -0.4 is 5.73 Å². The molecule has 0 saturated heterocycles. The molecule has 2 rings (SSSR count). The topological polar surface area (TPSA) is 99.4 Å². The van der Waals surface area contributed by atoms with Crippen LogP contribution in [0.4, 0.5) is 5.13 Å². The summed E-state index contributed by atoms with van der Waals surface area (Å²) in [5.74, 6) is 0. The number of nitrogens with zero attached hydrogens (tertiary/aromatic N) is 4. The highest BCUT2D eigenvalue weighted by atomic mass is 32.2. The Hall–Kier alpha value is -2.09. The van der Waals surface area contributed by atoms with Gasteiger partial charge in [-0.05, 0) is 18.2 Å².